The van der Waals surface area contributed by atoms with Crippen molar-refractivity contribution in [3.8, 4) is 0 Å². The number of carbonyl (C=O) groups is 4. The number of nitrogens with two attached hydrogens (primary N) is 1. The molecule has 1 atom stereocenters. The van der Waals surface area contributed by atoms with Gasteiger partial charge in [0, 0.05) is 19.0 Å². The minimum absolute atomic E-state index is 0.103. The van der Waals surface area contributed by atoms with Gasteiger partial charge in [0.15, 0.2) is 0 Å². The van der Waals surface area contributed by atoms with Crippen LogP contribution in [0.5, 0.6) is 0 Å². The molecule has 32 heavy (non-hydrogen) atoms. The molecule has 0 spiro atoms. The first kappa shape index (κ1) is 21.2. The van der Waals surface area contributed by atoms with E-state index in [0.717, 1.165) is 36.4 Å². The Morgan fingerprint density at radius 3 is 2.38 bits per heavy atom. The van der Waals surface area contributed by atoms with E-state index in [-0.39, 0.29) is 30.7 Å². The predicted octanol–water partition coefficient (Wildman–Crippen LogP) is 0.152. The number of hydrogen-bond donors (Lipinski definition) is 3. The number of nitrogens with zero attached hydrogens (tertiary/aromatic N) is 2. The van der Waals surface area contributed by atoms with Gasteiger partial charge >= 0.3 is 0 Å². The number of benzene rings is 1. The van der Waals surface area contributed by atoms with E-state index in [9.17, 15) is 24.3 Å². The van der Waals surface area contributed by atoms with Gasteiger partial charge in [-0.25, -0.2) is 0 Å². The van der Waals surface area contributed by atoms with Gasteiger partial charge in [0.1, 0.15) is 6.04 Å². The van der Waals surface area contributed by atoms with Crippen LogP contribution in [0.4, 0.5) is 0 Å². The number of nitrogens with one attached hydrogen (secondary N) is 1. The van der Waals surface area contributed by atoms with Gasteiger partial charge in [-0.05, 0) is 68.8 Å². The van der Waals surface area contributed by atoms with Crippen molar-refractivity contribution in [1.29, 1.82) is 0 Å². The van der Waals surface area contributed by atoms with Crippen molar-refractivity contribution < 1.29 is 24.3 Å². The Kier molecular flexibility index (Phi) is 5.15. The summed E-state index contributed by atoms with van der Waals surface area (Å²) in [7, 11) is 0. The molecule has 1 aliphatic carbocycles. The van der Waals surface area contributed by atoms with E-state index in [2.05, 4.69) is 10.2 Å². The zero-order chi connectivity index (χ0) is 22.6. The number of hydrogen-bond acceptors (Lipinski definition) is 7. The molecule has 0 aromatic heterocycles. The molecule has 4 aliphatic rings. The number of carbonyl (C=O) groups excluding carboxylic acids is 4. The van der Waals surface area contributed by atoms with Gasteiger partial charge in [0.05, 0.1) is 16.7 Å². The second kappa shape index (κ2) is 7.75. The van der Waals surface area contributed by atoms with E-state index in [1.807, 2.05) is 6.07 Å². The molecular weight excluding hydrogens is 412 g/mol. The maximum atomic E-state index is 13.0. The fraction of sp³-hybridized carbons (Fsp3) is 0.565. The van der Waals surface area contributed by atoms with Crippen LogP contribution in [0, 0.1) is 5.92 Å². The molecule has 1 unspecified atom stereocenters. The summed E-state index contributed by atoms with van der Waals surface area (Å²) in [6, 6.07) is 4.41. The minimum atomic E-state index is -0.951. The highest BCUT2D eigenvalue weighted by Crippen LogP contribution is 2.42. The molecule has 9 heteroatoms. The fourth-order valence-corrected chi connectivity index (χ4v) is 5.68. The van der Waals surface area contributed by atoms with E-state index in [0.29, 0.717) is 30.5 Å². The normalized spacial score (nSPS) is 31.5. The van der Waals surface area contributed by atoms with Crippen LogP contribution >= 0.6 is 0 Å². The highest BCUT2D eigenvalue weighted by molar-refractivity contribution is 6.23. The molecule has 1 aromatic rings. The molecule has 3 heterocycles. The zero-order valence-corrected chi connectivity index (χ0v) is 17.9. The molecule has 3 fully saturated rings. The van der Waals surface area contributed by atoms with Gasteiger partial charge in [-0.3, -0.25) is 34.3 Å². The second-order valence-corrected chi connectivity index (χ2v) is 9.65. The maximum Gasteiger partial charge on any atom is 0.262 e. The van der Waals surface area contributed by atoms with E-state index in [1.54, 1.807) is 12.1 Å². The van der Waals surface area contributed by atoms with Gasteiger partial charge in [-0.1, -0.05) is 6.07 Å². The van der Waals surface area contributed by atoms with Gasteiger partial charge in [0.25, 0.3) is 11.8 Å². The van der Waals surface area contributed by atoms with Crippen molar-refractivity contribution in [2.45, 2.75) is 62.8 Å². The average molecular weight is 441 g/mol. The van der Waals surface area contributed by atoms with Gasteiger partial charge in [-0.2, -0.15) is 0 Å². The van der Waals surface area contributed by atoms with E-state index >= 15 is 0 Å². The quantitative estimate of drug-likeness (QED) is 0.568. The van der Waals surface area contributed by atoms with Gasteiger partial charge in [-0.15, -0.1) is 0 Å². The lowest BCUT2D eigenvalue weighted by atomic mass is 9.65. The first-order chi connectivity index (χ1) is 15.2. The van der Waals surface area contributed by atoms with E-state index in [1.165, 1.54) is 0 Å². The smallest absolute Gasteiger partial charge is 0.262 e. The summed E-state index contributed by atoms with van der Waals surface area (Å²) >= 11 is 0. The Hall–Kier alpha value is -2.62. The van der Waals surface area contributed by atoms with Crippen LogP contribution in [0.15, 0.2) is 18.2 Å². The van der Waals surface area contributed by atoms with Crippen molar-refractivity contribution in [1.82, 2.24) is 15.1 Å². The number of likely N-dealkylation sites (tertiary alicyclic amines) is 1. The molecule has 9 nitrogen and oxygen atoms in total. The summed E-state index contributed by atoms with van der Waals surface area (Å²) in [4.78, 5) is 52.7. The number of aliphatic hydroxyl groups is 1. The van der Waals surface area contributed by atoms with Crippen LogP contribution < -0.4 is 11.1 Å². The number of piperidine rings is 2. The average Bonchev–Trinajstić information content (AvgIpc) is 2.98. The lowest BCUT2D eigenvalue weighted by Gasteiger charge is -2.49. The van der Waals surface area contributed by atoms with Crippen molar-refractivity contribution in [3.05, 3.63) is 34.9 Å². The van der Waals surface area contributed by atoms with Crippen LogP contribution in [-0.4, -0.2) is 69.3 Å². The number of rotatable bonds is 4. The molecule has 0 radical (unpaired) electrons. The Morgan fingerprint density at radius 2 is 1.72 bits per heavy atom. The van der Waals surface area contributed by atoms with E-state index < -0.39 is 29.4 Å². The third-order valence-corrected chi connectivity index (χ3v) is 7.49. The highest BCUT2D eigenvalue weighted by atomic mass is 16.3. The molecular formula is C23H28N4O5. The third-order valence-electron chi connectivity index (χ3n) is 7.49. The second-order valence-electron chi connectivity index (χ2n) is 9.65. The molecule has 1 aromatic carbocycles. The number of amides is 4. The van der Waals surface area contributed by atoms with E-state index in [4.69, 9.17) is 5.73 Å². The topological polar surface area (TPSA) is 133 Å². The number of imide groups is 2. The minimum Gasteiger partial charge on any atom is -0.389 e. The molecule has 5 rings (SSSR count). The van der Waals surface area contributed by atoms with Crippen molar-refractivity contribution in [3.63, 3.8) is 0 Å². The standard InChI is InChI=1S/C23H28N4O5/c24-15-10-23(32,11-15)14-5-7-26(8-6-14)12-13-1-2-16-17(9-13)22(31)27(21(16)30)18-3-4-19(28)25-20(18)29/h1-2,9,14-15,18,32H,3-8,10-12,24H2,(H,25,28,29). The molecule has 1 saturated carbocycles. The van der Waals surface area contributed by atoms with Gasteiger partial charge in [0.2, 0.25) is 11.8 Å². The number of fused-ring (bicyclic) bond motifs is 1. The lowest BCUT2D eigenvalue weighted by Crippen LogP contribution is -2.57. The van der Waals surface area contributed by atoms with Crippen LogP contribution in [-0.2, 0) is 16.1 Å². The third kappa shape index (κ3) is 3.54. The summed E-state index contributed by atoms with van der Waals surface area (Å²) in [5.74, 6) is -1.68. The molecule has 170 valence electrons. The monoisotopic (exact) mass is 440 g/mol. The van der Waals surface area contributed by atoms with Crippen molar-refractivity contribution >= 4 is 23.6 Å². The molecule has 2 saturated heterocycles. The predicted molar refractivity (Wildman–Crippen MR) is 113 cm³/mol. The Balaban J connectivity index is 1.24. The summed E-state index contributed by atoms with van der Waals surface area (Å²) in [5.41, 5.74) is 6.79. The Labute approximate surface area is 185 Å². The summed E-state index contributed by atoms with van der Waals surface area (Å²) in [6.45, 7) is 2.36. The molecule has 4 amide bonds. The molecule has 4 N–H and O–H groups in total. The van der Waals surface area contributed by atoms with Crippen molar-refractivity contribution in [2.75, 3.05) is 13.1 Å². The SMILES string of the molecule is NC1CC(O)(C2CCN(Cc3ccc4c(c3)C(=O)N(C3CCC(=O)NC3=O)C4=O)CC2)C1. The maximum absolute atomic E-state index is 13.0. The largest absolute Gasteiger partial charge is 0.389 e. The Bertz CT molecular complexity index is 994. The zero-order valence-electron chi connectivity index (χ0n) is 17.9. The van der Waals surface area contributed by atoms with Crippen LogP contribution in [0.25, 0.3) is 0 Å². The lowest BCUT2D eigenvalue weighted by molar-refractivity contribution is -0.136. The van der Waals surface area contributed by atoms with Crippen LogP contribution in [0.2, 0.25) is 0 Å². The fourth-order valence-electron chi connectivity index (χ4n) is 5.68. The summed E-state index contributed by atoms with van der Waals surface area (Å²) in [6.07, 6.45) is 3.44. The van der Waals surface area contributed by atoms with Crippen molar-refractivity contribution in [2.24, 2.45) is 11.7 Å². The van der Waals surface area contributed by atoms with Crippen LogP contribution in [0.1, 0.15) is 64.8 Å². The molecule has 3 aliphatic heterocycles. The Morgan fingerprint density at radius 1 is 1.03 bits per heavy atom. The van der Waals surface area contributed by atoms with Gasteiger partial charge < -0.3 is 10.8 Å². The first-order valence-corrected chi connectivity index (χ1v) is 11.3. The first-order valence-electron chi connectivity index (χ1n) is 11.3. The molecule has 0 bridgehead atoms. The summed E-state index contributed by atoms with van der Waals surface area (Å²) in [5, 5.41) is 12.9. The highest BCUT2D eigenvalue weighted by Gasteiger charge is 2.47. The van der Waals surface area contributed by atoms with Crippen LogP contribution in [0.3, 0.4) is 0 Å². The summed E-state index contributed by atoms with van der Waals surface area (Å²) < 4.78 is 0.